The number of aromatic amines is 1. The predicted molar refractivity (Wildman–Crippen MR) is 69.9 cm³/mol. The average Bonchev–Trinajstić information content (AvgIpc) is 2.30. The Balaban J connectivity index is 2.84. The number of nitrogens with one attached hydrogen (secondary N) is 1. The van der Waals surface area contributed by atoms with E-state index in [-0.39, 0.29) is 5.43 Å². The van der Waals surface area contributed by atoms with E-state index in [1.165, 1.54) is 0 Å². The van der Waals surface area contributed by atoms with E-state index in [2.05, 4.69) is 18.8 Å². The molecule has 0 spiro atoms. The van der Waals surface area contributed by atoms with E-state index >= 15 is 0 Å². The number of benzene rings is 1. The summed E-state index contributed by atoms with van der Waals surface area (Å²) in [6.07, 6.45) is 0. The zero-order chi connectivity index (χ0) is 12.6. The van der Waals surface area contributed by atoms with E-state index in [0.717, 1.165) is 22.5 Å². The first-order valence-electron chi connectivity index (χ1n) is 5.75. The quantitative estimate of drug-likeness (QED) is 0.863. The smallest absolute Gasteiger partial charge is 0.189 e. The molecule has 3 heteroatoms. The van der Waals surface area contributed by atoms with Crippen molar-refractivity contribution in [3.8, 4) is 5.75 Å². The Labute approximate surface area is 100 Å². The van der Waals surface area contributed by atoms with Crippen molar-refractivity contribution in [2.24, 2.45) is 0 Å². The first-order chi connectivity index (χ1) is 8.04. The molecule has 0 amide bonds. The zero-order valence-corrected chi connectivity index (χ0v) is 10.6. The fourth-order valence-electron chi connectivity index (χ4n) is 1.99. The summed E-state index contributed by atoms with van der Waals surface area (Å²) in [5.41, 5.74) is 2.87. The van der Waals surface area contributed by atoms with Crippen LogP contribution in [0.5, 0.6) is 5.75 Å². The third-order valence-corrected chi connectivity index (χ3v) is 3.08. The maximum Gasteiger partial charge on any atom is 0.189 e. The van der Waals surface area contributed by atoms with Gasteiger partial charge < -0.3 is 9.72 Å². The lowest BCUT2D eigenvalue weighted by Gasteiger charge is -2.11. The summed E-state index contributed by atoms with van der Waals surface area (Å²) in [5.74, 6) is 1.10. The van der Waals surface area contributed by atoms with Crippen molar-refractivity contribution in [2.75, 3.05) is 7.11 Å². The Kier molecular flexibility index (Phi) is 2.92. The molecule has 17 heavy (non-hydrogen) atoms. The van der Waals surface area contributed by atoms with Gasteiger partial charge in [0.05, 0.1) is 12.6 Å². The molecule has 0 saturated carbocycles. The third-order valence-electron chi connectivity index (χ3n) is 3.08. The van der Waals surface area contributed by atoms with E-state index < -0.39 is 0 Å². The molecule has 1 aromatic carbocycles. The average molecular weight is 231 g/mol. The van der Waals surface area contributed by atoms with Crippen molar-refractivity contribution in [1.82, 2.24) is 4.98 Å². The molecule has 1 N–H and O–H groups in total. The van der Waals surface area contributed by atoms with E-state index in [1.807, 2.05) is 19.1 Å². The normalized spacial score (nSPS) is 11.1. The molecule has 0 aliphatic heterocycles. The Morgan fingerprint density at radius 3 is 2.59 bits per heavy atom. The Bertz CT molecular complexity index is 611. The fourth-order valence-corrected chi connectivity index (χ4v) is 1.99. The molecule has 0 saturated heterocycles. The second-order valence-electron chi connectivity index (χ2n) is 4.56. The minimum atomic E-state index is 0.0632. The molecule has 0 aliphatic carbocycles. The van der Waals surface area contributed by atoms with Gasteiger partial charge in [0.25, 0.3) is 0 Å². The minimum absolute atomic E-state index is 0.0632. The minimum Gasteiger partial charge on any atom is -0.496 e. The number of fused-ring (bicyclic) bond motifs is 1. The van der Waals surface area contributed by atoms with Gasteiger partial charge in [-0.05, 0) is 25.0 Å². The molecule has 1 aromatic heterocycles. The lowest BCUT2D eigenvalue weighted by atomic mass is 10.1. The molecule has 0 fully saturated rings. The van der Waals surface area contributed by atoms with E-state index in [0.29, 0.717) is 11.3 Å². The maximum absolute atomic E-state index is 12.0. The van der Waals surface area contributed by atoms with Gasteiger partial charge in [0.1, 0.15) is 5.75 Å². The second-order valence-corrected chi connectivity index (χ2v) is 4.56. The molecular weight excluding hydrogens is 214 g/mol. The number of methoxy groups -OCH3 is 1. The number of hydrogen-bond donors (Lipinski definition) is 1. The Morgan fingerprint density at radius 2 is 2.00 bits per heavy atom. The van der Waals surface area contributed by atoms with Crippen molar-refractivity contribution in [3.63, 3.8) is 0 Å². The lowest BCUT2D eigenvalue weighted by molar-refractivity contribution is 0.412. The number of hydrogen-bond acceptors (Lipinski definition) is 2. The van der Waals surface area contributed by atoms with Gasteiger partial charge in [-0.25, -0.2) is 0 Å². The largest absolute Gasteiger partial charge is 0.496 e. The summed E-state index contributed by atoms with van der Waals surface area (Å²) in [5, 5.41) is 0.715. The summed E-state index contributed by atoms with van der Waals surface area (Å²) in [6, 6.07) is 5.32. The van der Waals surface area contributed by atoms with Crippen molar-refractivity contribution < 1.29 is 4.74 Å². The van der Waals surface area contributed by atoms with Crippen LogP contribution in [0.3, 0.4) is 0 Å². The summed E-state index contributed by atoms with van der Waals surface area (Å²) >= 11 is 0. The van der Waals surface area contributed by atoms with Gasteiger partial charge in [-0.15, -0.1) is 0 Å². The summed E-state index contributed by atoms with van der Waals surface area (Å²) in [4.78, 5) is 15.3. The van der Waals surface area contributed by atoms with Crippen LogP contribution in [0.25, 0.3) is 10.9 Å². The van der Waals surface area contributed by atoms with Crippen LogP contribution in [-0.4, -0.2) is 12.1 Å². The van der Waals surface area contributed by atoms with Crippen LogP contribution in [0.4, 0.5) is 0 Å². The molecule has 3 nitrogen and oxygen atoms in total. The predicted octanol–water partition coefficient (Wildman–Crippen LogP) is 2.97. The van der Waals surface area contributed by atoms with Crippen LogP contribution in [0, 0.1) is 6.92 Å². The van der Waals surface area contributed by atoms with Gasteiger partial charge in [-0.1, -0.05) is 13.8 Å². The fraction of sp³-hybridized carbons (Fsp3) is 0.357. The highest BCUT2D eigenvalue weighted by atomic mass is 16.5. The highest BCUT2D eigenvalue weighted by molar-refractivity contribution is 5.83. The summed E-state index contributed by atoms with van der Waals surface area (Å²) in [7, 11) is 1.64. The maximum atomic E-state index is 12.0. The topological polar surface area (TPSA) is 42.1 Å². The second kappa shape index (κ2) is 4.24. The summed E-state index contributed by atoms with van der Waals surface area (Å²) in [6.45, 7) is 6.08. The Hall–Kier alpha value is -1.77. The first kappa shape index (κ1) is 11.7. The molecule has 0 radical (unpaired) electrons. The van der Waals surface area contributed by atoms with Gasteiger partial charge in [0, 0.05) is 22.7 Å². The monoisotopic (exact) mass is 231 g/mol. The number of rotatable bonds is 2. The van der Waals surface area contributed by atoms with Crippen LogP contribution >= 0.6 is 0 Å². The van der Waals surface area contributed by atoms with Crippen LogP contribution in [0.1, 0.15) is 31.0 Å². The number of H-pyrrole nitrogens is 1. The summed E-state index contributed by atoms with van der Waals surface area (Å²) < 4.78 is 5.27. The molecule has 2 rings (SSSR count). The standard InChI is InChI=1S/C14H17NO2/c1-8(2)11-7-12(16)10-5-6-13(17-4)9(3)14(10)15-11/h5-8H,1-4H3,(H,15,16). The highest BCUT2D eigenvalue weighted by Gasteiger charge is 2.09. The van der Waals surface area contributed by atoms with Crippen LogP contribution in [-0.2, 0) is 0 Å². The van der Waals surface area contributed by atoms with Crippen LogP contribution < -0.4 is 10.2 Å². The molecule has 0 unspecified atom stereocenters. The van der Waals surface area contributed by atoms with Gasteiger partial charge in [0.15, 0.2) is 5.43 Å². The molecule has 2 aromatic rings. The molecule has 90 valence electrons. The van der Waals surface area contributed by atoms with Crippen molar-refractivity contribution >= 4 is 10.9 Å². The van der Waals surface area contributed by atoms with Gasteiger partial charge in [-0.3, -0.25) is 4.79 Å². The SMILES string of the molecule is COc1ccc2c(=O)cc(C(C)C)[nH]c2c1C. The van der Waals surface area contributed by atoms with Gasteiger partial charge in [-0.2, -0.15) is 0 Å². The third kappa shape index (κ3) is 1.93. The lowest BCUT2D eigenvalue weighted by Crippen LogP contribution is -2.07. The molecule has 0 atom stereocenters. The van der Waals surface area contributed by atoms with Crippen LogP contribution in [0.15, 0.2) is 23.0 Å². The van der Waals surface area contributed by atoms with Gasteiger partial charge >= 0.3 is 0 Å². The molecule has 1 heterocycles. The van der Waals surface area contributed by atoms with Crippen molar-refractivity contribution in [1.29, 1.82) is 0 Å². The number of aromatic nitrogens is 1. The van der Waals surface area contributed by atoms with Gasteiger partial charge in [0.2, 0.25) is 0 Å². The number of aryl methyl sites for hydroxylation is 1. The number of pyridine rings is 1. The molecule has 0 aliphatic rings. The first-order valence-corrected chi connectivity index (χ1v) is 5.75. The Morgan fingerprint density at radius 1 is 1.29 bits per heavy atom. The van der Waals surface area contributed by atoms with E-state index in [1.54, 1.807) is 13.2 Å². The number of ether oxygens (including phenoxy) is 1. The van der Waals surface area contributed by atoms with E-state index in [4.69, 9.17) is 4.74 Å². The van der Waals surface area contributed by atoms with Crippen LogP contribution in [0.2, 0.25) is 0 Å². The zero-order valence-electron chi connectivity index (χ0n) is 10.6. The van der Waals surface area contributed by atoms with Crippen molar-refractivity contribution in [2.45, 2.75) is 26.7 Å². The van der Waals surface area contributed by atoms with E-state index in [9.17, 15) is 4.79 Å². The van der Waals surface area contributed by atoms with Crippen molar-refractivity contribution in [3.05, 3.63) is 39.7 Å². The highest BCUT2D eigenvalue weighted by Crippen LogP contribution is 2.25. The molecule has 0 bridgehead atoms. The molecular formula is C14H17NO2.